The van der Waals surface area contributed by atoms with Crippen molar-refractivity contribution >= 4 is 28.1 Å². The van der Waals surface area contributed by atoms with E-state index in [-0.39, 0.29) is 10.7 Å². The third-order valence-electron chi connectivity index (χ3n) is 4.38. The lowest BCUT2D eigenvalue weighted by molar-refractivity contribution is 0.636. The zero-order valence-electron chi connectivity index (χ0n) is 14.1. The van der Waals surface area contributed by atoms with Crippen LogP contribution in [0.2, 0.25) is 5.15 Å². The first kappa shape index (κ1) is 16.5. The molecule has 0 aliphatic carbocycles. The summed E-state index contributed by atoms with van der Waals surface area (Å²) in [5, 5.41) is 0.951. The molecule has 2 aromatic carbocycles. The van der Waals surface area contributed by atoms with Crippen molar-refractivity contribution in [1.29, 1.82) is 0 Å². The summed E-state index contributed by atoms with van der Waals surface area (Å²) >= 11 is 6.31. The number of imidazole rings is 1. The number of pyridine rings is 1. The van der Waals surface area contributed by atoms with Crippen molar-refractivity contribution < 1.29 is 4.39 Å². The molecule has 2 aromatic heterocycles. The van der Waals surface area contributed by atoms with Crippen LogP contribution in [-0.4, -0.2) is 14.5 Å². The first-order chi connectivity index (χ1) is 12.5. The Balaban J connectivity index is 1.89. The topological polar surface area (TPSA) is 30.7 Å². The Morgan fingerprint density at radius 3 is 2.62 bits per heavy atom. The quantitative estimate of drug-likeness (QED) is 0.451. The number of fused-ring (bicyclic) bond motifs is 1. The van der Waals surface area contributed by atoms with Crippen LogP contribution < -0.4 is 0 Å². The molecule has 26 heavy (non-hydrogen) atoms. The lowest BCUT2D eigenvalue weighted by atomic mass is 10.00. The molecule has 4 aromatic rings. The molecule has 0 amide bonds. The van der Waals surface area contributed by atoms with Crippen LogP contribution in [0.1, 0.15) is 11.3 Å². The molecule has 0 spiro atoms. The van der Waals surface area contributed by atoms with Crippen molar-refractivity contribution in [1.82, 2.24) is 14.5 Å². The lowest BCUT2D eigenvalue weighted by Gasteiger charge is -2.11. The van der Waals surface area contributed by atoms with Gasteiger partial charge in [0.05, 0.1) is 18.2 Å². The largest absolute Gasteiger partial charge is 0.334 e. The van der Waals surface area contributed by atoms with Gasteiger partial charge in [-0.15, -0.1) is 0 Å². The Bertz CT molecular complexity index is 1130. The van der Waals surface area contributed by atoms with E-state index >= 15 is 0 Å². The van der Waals surface area contributed by atoms with Crippen LogP contribution in [0.15, 0.2) is 67.6 Å². The summed E-state index contributed by atoms with van der Waals surface area (Å²) in [4.78, 5) is 8.37. The Hall–Kier alpha value is -2.98. The van der Waals surface area contributed by atoms with Crippen LogP contribution in [0.4, 0.5) is 4.39 Å². The molecule has 2 heterocycles. The number of nitrogens with zero attached hydrogens (tertiary/aromatic N) is 3. The van der Waals surface area contributed by atoms with Gasteiger partial charge in [-0.05, 0) is 34.9 Å². The average Bonchev–Trinajstić information content (AvgIpc) is 3.08. The fraction of sp³-hybridized carbons (Fsp3) is 0.0476. The zero-order valence-corrected chi connectivity index (χ0v) is 14.8. The first-order valence-electron chi connectivity index (χ1n) is 8.06. The number of rotatable bonds is 3. The average molecular weight is 364 g/mol. The Morgan fingerprint density at radius 2 is 1.92 bits per heavy atom. The predicted octanol–water partition coefficient (Wildman–Crippen LogP) is 5.49. The highest BCUT2D eigenvalue weighted by Gasteiger charge is 2.14. The van der Waals surface area contributed by atoms with Crippen molar-refractivity contribution in [2.24, 2.45) is 7.05 Å². The highest BCUT2D eigenvalue weighted by Crippen LogP contribution is 2.33. The fourth-order valence-electron chi connectivity index (χ4n) is 3.01. The van der Waals surface area contributed by atoms with E-state index in [2.05, 4.69) is 16.5 Å². The zero-order chi connectivity index (χ0) is 18.3. The number of aromatic nitrogens is 3. The van der Waals surface area contributed by atoms with Gasteiger partial charge in [0.25, 0.3) is 0 Å². The molecule has 0 bridgehead atoms. The summed E-state index contributed by atoms with van der Waals surface area (Å²) < 4.78 is 16.5. The van der Waals surface area contributed by atoms with E-state index in [9.17, 15) is 4.39 Å². The molecule has 0 fully saturated rings. The van der Waals surface area contributed by atoms with Crippen molar-refractivity contribution in [3.8, 4) is 11.1 Å². The van der Waals surface area contributed by atoms with Crippen LogP contribution in [0, 0.1) is 5.82 Å². The second-order valence-corrected chi connectivity index (χ2v) is 6.45. The highest BCUT2D eigenvalue weighted by atomic mass is 35.5. The normalized spacial score (nSPS) is 11.0. The summed E-state index contributed by atoms with van der Waals surface area (Å²) in [5.41, 5.74) is 4.15. The van der Waals surface area contributed by atoms with Crippen molar-refractivity contribution in [3.63, 3.8) is 0 Å². The summed E-state index contributed by atoms with van der Waals surface area (Å²) in [6.07, 6.45) is 3.40. The SMILES string of the molecule is C=C(c1cc(F)c2nc(Cl)c(-c3ccccc3)cc2c1)c1cncn1C. The Labute approximate surface area is 155 Å². The molecule has 0 radical (unpaired) electrons. The molecule has 0 unspecified atom stereocenters. The lowest BCUT2D eigenvalue weighted by Crippen LogP contribution is -1.97. The molecule has 0 aliphatic heterocycles. The van der Waals surface area contributed by atoms with Gasteiger partial charge in [-0.2, -0.15) is 0 Å². The number of benzene rings is 2. The second kappa shape index (κ2) is 6.39. The van der Waals surface area contributed by atoms with E-state index in [4.69, 9.17) is 11.6 Å². The maximum Gasteiger partial charge on any atom is 0.150 e. The van der Waals surface area contributed by atoms with Crippen LogP contribution in [-0.2, 0) is 7.05 Å². The minimum Gasteiger partial charge on any atom is -0.334 e. The molecule has 4 rings (SSSR count). The molecule has 0 saturated heterocycles. The molecule has 0 N–H and O–H groups in total. The molecule has 5 heteroatoms. The first-order valence-corrected chi connectivity index (χ1v) is 8.43. The van der Waals surface area contributed by atoms with Crippen molar-refractivity contribution in [2.75, 3.05) is 0 Å². The molecule has 3 nitrogen and oxygen atoms in total. The number of aryl methyl sites for hydroxylation is 1. The summed E-state index contributed by atoms with van der Waals surface area (Å²) in [6.45, 7) is 4.10. The molecule has 0 saturated carbocycles. The van der Waals surface area contributed by atoms with E-state index in [0.717, 1.165) is 16.8 Å². The van der Waals surface area contributed by atoms with E-state index in [0.29, 0.717) is 16.5 Å². The summed E-state index contributed by atoms with van der Waals surface area (Å²) in [6, 6.07) is 14.9. The van der Waals surface area contributed by atoms with Crippen molar-refractivity contribution in [3.05, 3.63) is 89.9 Å². The van der Waals surface area contributed by atoms with Crippen LogP contribution >= 0.6 is 11.6 Å². The monoisotopic (exact) mass is 363 g/mol. The summed E-state index contributed by atoms with van der Waals surface area (Å²) in [7, 11) is 1.87. The summed E-state index contributed by atoms with van der Waals surface area (Å²) in [5.74, 6) is -0.428. The van der Waals surface area contributed by atoms with Crippen LogP contribution in [0.5, 0.6) is 0 Å². The van der Waals surface area contributed by atoms with Gasteiger partial charge in [0.2, 0.25) is 0 Å². The van der Waals surface area contributed by atoms with Gasteiger partial charge in [-0.1, -0.05) is 48.5 Å². The predicted molar refractivity (Wildman–Crippen MR) is 103 cm³/mol. The minimum atomic E-state index is -0.428. The third kappa shape index (κ3) is 2.78. The number of hydrogen-bond donors (Lipinski definition) is 0. The fourth-order valence-corrected chi connectivity index (χ4v) is 3.26. The van der Waals surface area contributed by atoms with E-state index < -0.39 is 5.82 Å². The molecule has 128 valence electrons. The second-order valence-electron chi connectivity index (χ2n) is 6.09. The molecular formula is C21H15ClFN3. The van der Waals surface area contributed by atoms with Crippen molar-refractivity contribution in [2.45, 2.75) is 0 Å². The maximum absolute atomic E-state index is 14.7. The van der Waals surface area contributed by atoms with E-state index in [1.165, 1.54) is 6.07 Å². The molecule has 0 aliphatic rings. The van der Waals surface area contributed by atoms with Gasteiger partial charge in [0, 0.05) is 18.0 Å². The highest BCUT2D eigenvalue weighted by molar-refractivity contribution is 6.32. The van der Waals surface area contributed by atoms with Crippen LogP contribution in [0.3, 0.4) is 0 Å². The molecular weight excluding hydrogens is 349 g/mol. The Morgan fingerprint density at radius 1 is 1.15 bits per heavy atom. The molecule has 0 atom stereocenters. The van der Waals surface area contributed by atoms with Gasteiger partial charge in [0.1, 0.15) is 16.5 Å². The number of hydrogen-bond acceptors (Lipinski definition) is 2. The van der Waals surface area contributed by atoms with Gasteiger partial charge in [-0.3, -0.25) is 0 Å². The Kier molecular flexibility index (Phi) is 4.05. The maximum atomic E-state index is 14.7. The third-order valence-corrected chi connectivity index (χ3v) is 4.67. The number of halogens is 2. The van der Waals surface area contributed by atoms with Gasteiger partial charge < -0.3 is 4.57 Å². The smallest absolute Gasteiger partial charge is 0.150 e. The van der Waals surface area contributed by atoms with E-state index in [1.54, 1.807) is 12.5 Å². The van der Waals surface area contributed by atoms with Crippen LogP contribution in [0.25, 0.3) is 27.6 Å². The van der Waals surface area contributed by atoms with E-state index in [1.807, 2.05) is 54.1 Å². The van der Waals surface area contributed by atoms with Gasteiger partial charge in [-0.25, -0.2) is 14.4 Å². The minimum absolute atomic E-state index is 0.247. The van der Waals surface area contributed by atoms with Gasteiger partial charge in [0.15, 0.2) is 0 Å². The standard InChI is InChI=1S/C21H15ClFN3/c1-13(19-11-24-12-26(19)2)15-8-16-9-17(14-6-4-3-5-7-14)21(22)25-20(16)18(23)10-15/h3-12H,1H2,2H3. The van der Waals surface area contributed by atoms with Gasteiger partial charge >= 0.3 is 0 Å².